The van der Waals surface area contributed by atoms with Gasteiger partial charge in [0.15, 0.2) is 0 Å². The lowest BCUT2D eigenvalue weighted by atomic mass is 10.2. The third kappa shape index (κ3) is 5.85. The molecule has 0 atom stereocenters. The molecule has 21 heavy (non-hydrogen) atoms. The van der Waals surface area contributed by atoms with Crippen LogP contribution in [0.25, 0.3) is 0 Å². The Morgan fingerprint density at radius 1 is 1.38 bits per heavy atom. The lowest BCUT2D eigenvalue weighted by molar-refractivity contribution is -0.122. The van der Waals surface area contributed by atoms with Crippen molar-refractivity contribution in [3.63, 3.8) is 0 Å². The van der Waals surface area contributed by atoms with Crippen LogP contribution in [-0.4, -0.2) is 42.5 Å². The second-order valence-corrected chi connectivity index (χ2v) is 5.67. The molecule has 0 saturated heterocycles. The summed E-state index contributed by atoms with van der Waals surface area (Å²) in [6.45, 7) is 11.3. The first kappa shape index (κ1) is 17.7. The van der Waals surface area contributed by atoms with Crippen molar-refractivity contribution in [1.82, 2.24) is 20.4 Å². The second-order valence-electron chi connectivity index (χ2n) is 5.67. The number of methoxy groups -OCH3 is 1. The highest BCUT2D eigenvalue weighted by molar-refractivity contribution is 5.75. The van der Waals surface area contributed by atoms with Crippen LogP contribution in [0.4, 0.5) is 0 Å². The molecule has 0 spiro atoms. The Morgan fingerprint density at radius 3 is 2.71 bits per heavy atom. The van der Waals surface area contributed by atoms with E-state index in [9.17, 15) is 4.79 Å². The number of hydrogen-bond donors (Lipinski definition) is 2. The largest absolute Gasteiger partial charge is 0.383 e. The van der Waals surface area contributed by atoms with E-state index in [2.05, 4.69) is 29.6 Å². The molecule has 6 nitrogen and oxygen atoms in total. The summed E-state index contributed by atoms with van der Waals surface area (Å²) in [5.41, 5.74) is 3.16. The molecule has 1 rings (SSSR count). The molecule has 6 heteroatoms. The van der Waals surface area contributed by atoms with Crippen LogP contribution in [0.1, 0.15) is 30.8 Å². The maximum atomic E-state index is 11.9. The fourth-order valence-corrected chi connectivity index (χ4v) is 2.04. The van der Waals surface area contributed by atoms with E-state index in [-0.39, 0.29) is 12.5 Å². The van der Waals surface area contributed by atoms with E-state index in [0.717, 1.165) is 30.0 Å². The van der Waals surface area contributed by atoms with Gasteiger partial charge in [-0.1, -0.05) is 13.8 Å². The molecule has 0 aliphatic rings. The molecular weight excluding hydrogens is 268 g/mol. The summed E-state index contributed by atoms with van der Waals surface area (Å²) in [4.78, 5) is 11.9. The van der Waals surface area contributed by atoms with Crippen molar-refractivity contribution in [3.05, 3.63) is 17.0 Å². The molecule has 0 saturated carbocycles. The first-order chi connectivity index (χ1) is 9.95. The van der Waals surface area contributed by atoms with Crippen molar-refractivity contribution < 1.29 is 9.53 Å². The van der Waals surface area contributed by atoms with Crippen LogP contribution in [0.15, 0.2) is 0 Å². The highest BCUT2D eigenvalue weighted by Gasteiger charge is 2.13. The number of aromatic nitrogens is 2. The van der Waals surface area contributed by atoms with E-state index < -0.39 is 0 Å². The minimum absolute atomic E-state index is 0.00759. The normalized spacial score (nSPS) is 11.1. The quantitative estimate of drug-likeness (QED) is 0.667. The summed E-state index contributed by atoms with van der Waals surface area (Å²) < 4.78 is 6.78. The molecule has 1 amide bonds. The predicted octanol–water partition coefficient (Wildman–Crippen LogP) is 1.01. The molecule has 0 fully saturated rings. The van der Waals surface area contributed by atoms with Crippen molar-refractivity contribution in [2.75, 3.05) is 26.8 Å². The fraction of sp³-hybridized carbons (Fsp3) is 0.733. The minimum atomic E-state index is 0.00759. The lowest BCUT2D eigenvalue weighted by Gasteiger charge is -2.09. The Kier molecular flexibility index (Phi) is 7.39. The van der Waals surface area contributed by atoms with Crippen molar-refractivity contribution >= 4 is 5.91 Å². The Labute approximate surface area is 127 Å². The molecule has 0 aromatic carbocycles. The molecule has 2 N–H and O–H groups in total. The van der Waals surface area contributed by atoms with Gasteiger partial charge in [-0.25, -0.2) is 0 Å². The minimum Gasteiger partial charge on any atom is -0.383 e. The summed E-state index contributed by atoms with van der Waals surface area (Å²) in [6.07, 6.45) is 0. The standard InChI is InChI=1S/C15H28N4O2/c1-11(2)8-17-15(20)10-19-13(4)14(12(3)18-19)9-16-6-7-21-5/h11,16H,6-10H2,1-5H3,(H,17,20). The van der Waals surface area contributed by atoms with Gasteiger partial charge in [0, 0.05) is 38.0 Å². The van der Waals surface area contributed by atoms with Crippen LogP contribution in [0.2, 0.25) is 0 Å². The zero-order valence-corrected chi connectivity index (χ0v) is 13.8. The maximum Gasteiger partial charge on any atom is 0.241 e. The van der Waals surface area contributed by atoms with Gasteiger partial charge < -0.3 is 15.4 Å². The molecule has 1 aromatic rings. The SMILES string of the molecule is COCCNCc1c(C)nn(CC(=O)NCC(C)C)c1C. The van der Waals surface area contributed by atoms with Gasteiger partial charge >= 0.3 is 0 Å². The highest BCUT2D eigenvalue weighted by atomic mass is 16.5. The van der Waals surface area contributed by atoms with E-state index in [4.69, 9.17) is 4.74 Å². The molecule has 0 bridgehead atoms. The smallest absolute Gasteiger partial charge is 0.241 e. The van der Waals surface area contributed by atoms with Crippen LogP contribution >= 0.6 is 0 Å². The summed E-state index contributed by atoms with van der Waals surface area (Å²) in [5, 5.41) is 10.7. The monoisotopic (exact) mass is 296 g/mol. The second kappa shape index (κ2) is 8.79. The number of nitrogens with one attached hydrogen (secondary N) is 2. The first-order valence-corrected chi connectivity index (χ1v) is 7.45. The van der Waals surface area contributed by atoms with Crippen LogP contribution in [-0.2, 0) is 22.6 Å². The van der Waals surface area contributed by atoms with Crippen LogP contribution in [0.5, 0.6) is 0 Å². The van der Waals surface area contributed by atoms with Crippen LogP contribution in [0, 0.1) is 19.8 Å². The van der Waals surface area contributed by atoms with Gasteiger partial charge in [0.05, 0.1) is 12.3 Å². The summed E-state index contributed by atoms with van der Waals surface area (Å²) in [6, 6.07) is 0. The number of hydrogen-bond acceptors (Lipinski definition) is 4. The molecule has 0 unspecified atom stereocenters. The number of carbonyl (C=O) groups excluding carboxylic acids is 1. The van der Waals surface area contributed by atoms with E-state index in [1.54, 1.807) is 11.8 Å². The third-order valence-electron chi connectivity index (χ3n) is 3.32. The van der Waals surface area contributed by atoms with Gasteiger partial charge in [-0.15, -0.1) is 0 Å². The third-order valence-corrected chi connectivity index (χ3v) is 3.32. The van der Waals surface area contributed by atoms with E-state index in [0.29, 0.717) is 19.1 Å². The number of aryl methyl sites for hydroxylation is 1. The highest BCUT2D eigenvalue weighted by Crippen LogP contribution is 2.12. The van der Waals surface area contributed by atoms with Gasteiger partial charge in [-0.05, 0) is 19.8 Å². The number of carbonyl (C=O) groups is 1. The number of rotatable bonds is 9. The van der Waals surface area contributed by atoms with Gasteiger partial charge in [0.1, 0.15) is 6.54 Å². The van der Waals surface area contributed by atoms with E-state index in [1.807, 2.05) is 13.8 Å². The average molecular weight is 296 g/mol. The molecule has 1 heterocycles. The van der Waals surface area contributed by atoms with Crippen molar-refractivity contribution in [2.24, 2.45) is 5.92 Å². The Bertz CT molecular complexity index is 455. The molecule has 120 valence electrons. The first-order valence-electron chi connectivity index (χ1n) is 7.45. The zero-order valence-electron chi connectivity index (χ0n) is 13.8. The van der Waals surface area contributed by atoms with Crippen LogP contribution < -0.4 is 10.6 Å². The Morgan fingerprint density at radius 2 is 2.10 bits per heavy atom. The maximum absolute atomic E-state index is 11.9. The molecule has 0 aliphatic heterocycles. The number of nitrogens with zero attached hydrogens (tertiary/aromatic N) is 2. The topological polar surface area (TPSA) is 68.2 Å². The lowest BCUT2D eigenvalue weighted by Crippen LogP contribution is -2.31. The van der Waals surface area contributed by atoms with Crippen molar-refractivity contribution in [2.45, 2.75) is 40.8 Å². The van der Waals surface area contributed by atoms with Gasteiger partial charge in [0.25, 0.3) is 0 Å². The van der Waals surface area contributed by atoms with E-state index >= 15 is 0 Å². The fourth-order valence-electron chi connectivity index (χ4n) is 2.04. The summed E-state index contributed by atoms with van der Waals surface area (Å²) >= 11 is 0. The van der Waals surface area contributed by atoms with E-state index in [1.165, 1.54) is 0 Å². The van der Waals surface area contributed by atoms with Gasteiger partial charge in [-0.2, -0.15) is 5.10 Å². The van der Waals surface area contributed by atoms with Gasteiger partial charge in [-0.3, -0.25) is 9.48 Å². The van der Waals surface area contributed by atoms with Crippen LogP contribution in [0.3, 0.4) is 0 Å². The predicted molar refractivity (Wildman–Crippen MR) is 83.1 cm³/mol. The Balaban J connectivity index is 2.58. The molecule has 0 radical (unpaired) electrons. The van der Waals surface area contributed by atoms with Gasteiger partial charge in [0.2, 0.25) is 5.91 Å². The summed E-state index contributed by atoms with van der Waals surface area (Å²) in [5.74, 6) is 0.461. The molecular formula is C15H28N4O2. The summed E-state index contributed by atoms with van der Waals surface area (Å²) in [7, 11) is 1.69. The Hall–Kier alpha value is -1.40. The number of amides is 1. The molecule has 0 aliphatic carbocycles. The van der Waals surface area contributed by atoms with Crippen molar-refractivity contribution in [1.29, 1.82) is 0 Å². The average Bonchev–Trinajstić information content (AvgIpc) is 2.68. The zero-order chi connectivity index (χ0) is 15.8. The van der Waals surface area contributed by atoms with Crippen molar-refractivity contribution in [3.8, 4) is 0 Å². The molecule has 1 aromatic heterocycles. The number of ether oxygens (including phenoxy) is 1.